The number of aromatic nitrogens is 5. The third kappa shape index (κ3) is 4.12. The van der Waals surface area contributed by atoms with Gasteiger partial charge in [0.1, 0.15) is 5.52 Å². The highest BCUT2D eigenvalue weighted by atomic mass is 32.2. The maximum atomic E-state index is 11.7. The molecule has 148 valence electrons. The van der Waals surface area contributed by atoms with Gasteiger partial charge in [0.25, 0.3) is 0 Å². The van der Waals surface area contributed by atoms with Crippen molar-refractivity contribution < 1.29 is 8.42 Å². The Labute approximate surface area is 163 Å². The molecule has 0 amide bonds. The highest BCUT2D eigenvalue weighted by molar-refractivity contribution is 7.89. The molecule has 10 heteroatoms. The van der Waals surface area contributed by atoms with E-state index in [1.807, 2.05) is 24.3 Å². The second-order valence-electron chi connectivity index (χ2n) is 6.94. The van der Waals surface area contributed by atoms with Gasteiger partial charge in [0.05, 0.1) is 11.3 Å². The van der Waals surface area contributed by atoms with Gasteiger partial charge in [0.15, 0.2) is 5.82 Å². The van der Waals surface area contributed by atoms with Crippen molar-refractivity contribution in [3.63, 3.8) is 0 Å². The van der Waals surface area contributed by atoms with E-state index in [4.69, 9.17) is 0 Å². The summed E-state index contributed by atoms with van der Waals surface area (Å²) in [5, 5.41) is 11.7. The van der Waals surface area contributed by atoms with E-state index in [1.54, 1.807) is 23.9 Å². The van der Waals surface area contributed by atoms with Crippen LogP contribution in [0.5, 0.6) is 0 Å². The van der Waals surface area contributed by atoms with Crippen LogP contribution in [0.15, 0.2) is 36.5 Å². The van der Waals surface area contributed by atoms with Crippen LogP contribution in [-0.4, -0.2) is 51.2 Å². The number of fused-ring (bicyclic) bond motifs is 1. The molecule has 0 aliphatic heterocycles. The summed E-state index contributed by atoms with van der Waals surface area (Å²) in [6.45, 7) is 1.65. The molecular formula is C18H23N7O2S. The quantitative estimate of drug-likeness (QED) is 0.648. The minimum absolute atomic E-state index is 0.0109. The Morgan fingerprint density at radius 2 is 1.86 bits per heavy atom. The molecule has 3 aromatic rings. The average Bonchev–Trinajstić information content (AvgIpc) is 3.14. The Bertz CT molecular complexity index is 1060. The van der Waals surface area contributed by atoms with Gasteiger partial charge in [0, 0.05) is 24.3 Å². The van der Waals surface area contributed by atoms with Crippen molar-refractivity contribution in [3.8, 4) is 5.82 Å². The van der Waals surface area contributed by atoms with Crippen molar-refractivity contribution in [2.45, 2.75) is 44.7 Å². The second-order valence-corrected chi connectivity index (χ2v) is 8.99. The zero-order valence-corrected chi connectivity index (χ0v) is 16.4. The van der Waals surface area contributed by atoms with Gasteiger partial charge in [-0.15, -0.1) is 5.10 Å². The highest BCUT2D eigenvalue weighted by Crippen LogP contribution is 2.22. The predicted molar refractivity (Wildman–Crippen MR) is 107 cm³/mol. The van der Waals surface area contributed by atoms with Crippen LogP contribution in [0.3, 0.4) is 0 Å². The molecule has 2 heterocycles. The van der Waals surface area contributed by atoms with Crippen LogP contribution in [0, 0.1) is 0 Å². The molecule has 1 aliphatic carbocycles. The van der Waals surface area contributed by atoms with Crippen molar-refractivity contribution in [1.82, 2.24) is 29.7 Å². The Morgan fingerprint density at radius 3 is 2.64 bits per heavy atom. The third-order valence-electron chi connectivity index (χ3n) is 5.00. The van der Waals surface area contributed by atoms with Crippen LogP contribution in [0.1, 0.15) is 32.6 Å². The molecule has 2 aromatic heterocycles. The molecule has 1 aliphatic rings. The summed E-state index contributed by atoms with van der Waals surface area (Å²) >= 11 is 0. The van der Waals surface area contributed by atoms with Crippen molar-refractivity contribution in [1.29, 1.82) is 0 Å². The third-order valence-corrected chi connectivity index (χ3v) is 6.45. The predicted octanol–water partition coefficient (Wildman–Crippen LogP) is 1.87. The monoisotopic (exact) mass is 401 g/mol. The number of anilines is 1. The Morgan fingerprint density at radius 1 is 1.11 bits per heavy atom. The van der Waals surface area contributed by atoms with Gasteiger partial charge < -0.3 is 5.32 Å². The summed E-state index contributed by atoms with van der Waals surface area (Å²) in [4.78, 5) is 8.90. The Hall–Kier alpha value is -2.59. The standard InChI is InChI=1S/C18H23N7O2S/c1-2-28(26,27)23-14-9-7-13(8-10-14)20-18-19-12-11-17(21-18)25-16-6-4-3-5-15(16)22-24-25/h3-6,11-14,23H,2,7-10H2,1H3,(H,19,20,21)/t13-,14-. The smallest absolute Gasteiger partial charge is 0.224 e. The highest BCUT2D eigenvalue weighted by Gasteiger charge is 2.24. The van der Waals surface area contributed by atoms with Crippen molar-refractivity contribution in [2.75, 3.05) is 11.1 Å². The molecule has 0 radical (unpaired) electrons. The van der Waals surface area contributed by atoms with Crippen LogP contribution in [0.2, 0.25) is 0 Å². The molecule has 0 spiro atoms. The molecule has 1 aromatic carbocycles. The maximum absolute atomic E-state index is 11.7. The molecule has 4 rings (SSSR count). The molecule has 1 fully saturated rings. The number of hydrogen-bond donors (Lipinski definition) is 2. The van der Waals surface area contributed by atoms with Crippen LogP contribution >= 0.6 is 0 Å². The largest absolute Gasteiger partial charge is 0.351 e. The first kappa shape index (κ1) is 18.8. The van der Waals surface area contributed by atoms with E-state index >= 15 is 0 Å². The summed E-state index contributed by atoms with van der Waals surface area (Å²) < 4.78 is 27.9. The van der Waals surface area contributed by atoms with E-state index < -0.39 is 10.0 Å². The fourth-order valence-electron chi connectivity index (χ4n) is 3.45. The lowest BCUT2D eigenvalue weighted by atomic mass is 9.92. The molecule has 1 saturated carbocycles. The zero-order valence-electron chi connectivity index (χ0n) is 15.6. The van der Waals surface area contributed by atoms with Gasteiger partial charge in [-0.05, 0) is 44.7 Å². The van der Waals surface area contributed by atoms with Gasteiger partial charge in [-0.25, -0.2) is 18.1 Å². The van der Waals surface area contributed by atoms with E-state index in [9.17, 15) is 8.42 Å². The van der Waals surface area contributed by atoms with Gasteiger partial charge in [-0.3, -0.25) is 0 Å². The Kier molecular flexibility index (Phi) is 5.23. The SMILES string of the molecule is CCS(=O)(=O)N[C@H]1CC[C@H](Nc2nccc(-n3nnc4ccccc43)n2)CC1. The maximum Gasteiger partial charge on any atom is 0.224 e. The number of benzene rings is 1. The van der Waals surface area contributed by atoms with E-state index in [1.165, 1.54) is 0 Å². The molecule has 0 atom stereocenters. The van der Waals surface area contributed by atoms with E-state index in [2.05, 4.69) is 30.3 Å². The van der Waals surface area contributed by atoms with Crippen molar-refractivity contribution in [3.05, 3.63) is 36.5 Å². The summed E-state index contributed by atoms with van der Waals surface area (Å²) in [7, 11) is -3.15. The summed E-state index contributed by atoms with van der Waals surface area (Å²) in [5.41, 5.74) is 1.69. The van der Waals surface area contributed by atoms with Gasteiger partial charge in [0.2, 0.25) is 16.0 Å². The fraction of sp³-hybridized carbons (Fsp3) is 0.444. The van der Waals surface area contributed by atoms with Crippen LogP contribution in [-0.2, 0) is 10.0 Å². The second kappa shape index (κ2) is 7.80. The van der Waals surface area contributed by atoms with Crippen LogP contribution in [0.4, 0.5) is 5.95 Å². The van der Waals surface area contributed by atoms with Gasteiger partial charge in [-0.2, -0.15) is 9.67 Å². The minimum atomic E-state index is -3.15. The van der Waals surface area contributed by atoms with Gasteiger partial charge >= 0.3 is 0 Å². The van der Waals surface area contributed by atoms with Crippen molar-refractivity contribution >= 4 is 27.0 Å². The molecule has 0 saturated heterocycles. The average molecular weight is 401 g/mol. The molecule has 0 bridgehead atoms. The van der Waals surface area contributed by atoms with E-state index in [0.717, 1.165) is 36.7 Å². The number of para-hydroxylation sites is 1. The topological polar surface area (TPSA) is 115 Å². The first-order valence-corrected chi connectivity index (χ1v) is 11.1. The lowest BCUT2D eigenvalue weighted by Gasteiger charge is -2.29. The summed E-state index contributed by atoms with van der Waals surface area (Å²) in [5.74, 6) is 1.30. The number of rotatable bonds is 6. The molecule has 2 N–H and O–H groups in total. The molecule has 9 nitrogen and oxygen atoms in total. The first-order valence-electron chi connectivity index (χ1n) is 9.44. The fourth-order valence-corrected chi connectivity index (χ4v) is 4.36. The Balaban J connectivity index is 1.42. The number of nitrogens with one attached hydrogen (secondary N) is 2. The summed E-state index contributed by atoms with van der Waals surface area (Å²) in [6.07, 6.45) is 5.00. The minimum Gasteiger partial charge on any atom is -0.351 e. The van der Waals surface area contributed by atoms with Crippen molar-refractivity contribution in [2.24, 2.45) is 0 Å². The lowest BCUT2D eigenvalue weighted by molar-refractivity contribution is 0.386. The van der Waals surface area contributed by atoms with Crippen LogP contribution < -0.4 is 10.0 Å². The molecule has 0 unspecified atom stereocenters. The number of sulfonamides is 1. The number of nitrogens with zero attached hydrogens (tertiary/aromatic N) is 5. The van der Waals surface area contributed by atoms with E-state index in [-0.39, 0.29) is 17.8 Å². The van der Waals surface area contributed by atoms with E-state index in [0.29, 0.717) is 11.8 Å². The molecular weight excluding hydrogens is 378 g/mol. The van der Waals surface area contributed by atoms with Gasteiger partial charge in [-0.1, -0.05) is 17.3 Å². The summed E-state index contributed by atoms with van der Waals surface area (Å²) in [6, 6.07) is 9.73. The molecule has 28 heavy (non-hydrogen) atoms. The van der Waals surface area contributed by atoms with Crippen LogP contribution in [0.25, 0.3) is 16.9 Å². The zero-order chi connectivity index (χ0) is 19.6. The first-order chi connectivity index (χ1) is 13.5. The lowest BCUT2D eigenvalue weighted by Crippen LogP contribution is -2.40. The normalized spacial score (nSPS) is 20.3. The number of hydrogen-bond acceptors (Lipinski definition) is 7.